The first kappa shape index (κ1) is 15.3. The van der Waals surface area contributed by atoms with Crippen molar-refractivity contribution in [1.82, 2.24) is 4.98 Å². The SMILES string of the molecule is CCCCOC(=O)c1ccc2nc(NC3CCCC3)sc2c1. The number of rotatable bonds is 6. The normalized spacial score (nSPS) is 15.3. The van der Waals surface area contributed by atoms with E-state index < -0.39 is 0 Å². The van der Waals surface area contributed by atoms with Gasteiger partial charge in [-0.15, -0.1) is 0 Å². The molecule has 1 saturated carbocycles. The Hall–Kier alpha value is -1.62. The van der Waals surface area contributed by atoms with Gasteiger partial charge in [0.25, 0.3) is 0 Å². The summed E-state index contributed by atoms with van der Waals surface area (Å²) in [6, 6.07) is 6.15. The van der Waals surface area contributed by atoms with E-state index in [0.717, 1.165) is 28.2 Å². The molecule has 5 heteroatoms. The lowest BCUT2D eigenvalue weighted by Crippen LogP contribution is -2.13. The van der Waals surface area contributed by atoms with Gasteiger partial charge < -0.3 is 10.1 Å². The Morgan fingerprint density at radius 2 is 2.23 bits per heavy atom. The van der Waals surface area contributed by atoms with Crippen molar-refractivity contribution in [2.45, 2.75) is 51.5 Å². The second-order valence-electron chi connectivity index (χ2n) is 5.82. The van der Waals surface area contributed by atoms with Gasteiger partial charge in [-0.05, 0) is 37.5 Å². The number of thiazole rings is 1. The second-order valence-corrected chi connectivity index (χ2v) is 6.85. The molecule has 2 aromatic rings. The number of esters is 1. The quantitative estimate of drug-likeness (QED) is 0.624. The highest BCUT2D eigenvalue weighted by Gasteiger charge is 2.17. The average molecular weight is 318 g/mol. The van der Waals surface area contributed by atoms with Crippen molar-refractivity contribution < 1.29 is 9.53 Å². The fourth-order valence-corrected chi connectivity index (χ4v) is 3.73. The van der Waals surface area contributed by atoms with E-state index in [0.29, 0.717) is 18.2 Å². The van der Waals surface area contributed by atoms with Crippen LogP contribution in [0.15, 0.2) is 18.2 Å². The fourth-order valence-electron chi connectivity index (χ4n) is 2.75. The Morgan fingerprint density at radius 3 is 3.00 bits per heavy atom. The second kappa shape index (κ2) is 7.09. The first-order valence-corrected chi connectivity index (χ1v) is 8.92. The number of aromatic nitrogens is 1. The number of fused-ring (bicyclic) bond motifs is 1. The number of carbonyl (C=O) groups is 1. The van der Waals surface area contributed by atoms with E-state index in [-0.39, 0.29) is 5.97 Å². The number of anilines is 1. The largest absolute Gasteiger partial charge is 0.462 e. The lowest BCUT2D eigenvalue weighted by atomic mass is 10.2. The molecule has 1 heterocycles. The van der Waals surface area contributed by atoms with Crippen molar-refractivity contribution in [2.24, 2.45) is 0 Å². The van der Waals surface area contributed by atoms with E-state index in [1.54, 1.807) is 17.4 Å². The van der Waals surface area contributed by atoms with Crippen molar-refractivity contribution in [3.05, 3.63) is 23.8 Å². The van der Waals surface area contributed by atoms with Gasteiger partial charge in [-0.3, -0.25) is 0 Å². The van der Waals surface area contributed by atoms with Gasteiger partial charge in [0.1, 0.15) is 0 Å². The fraction of sp³-hybridized carbons (Fsp3) is 0.529. The van der Waals surface area contributed by atoms with Crippen molar-refractivity contribution in [2.75, 3.05) is 11.9 Å². The molecule has 1 aliphatic carbocycles. The van der Waals surface area contributed by atoms with Crippen LogP contribution in [-0.2, 0) is 4.74 Å². The van der Waals surface area contributed by atoms with Crippen LogP contribution in [-0.4, -0.2) is 23.6 Å². The summed E-state index contributed by atoms with van der Waals surface area (Å²) >= 11 is 1.61. The summed E-state index contributed by atoms with van der Waals surface area (Å²) in [5, 5.41) is 4.47. The Morgan fingerprint density at radius 1 is 1.41 bits per heavy atom. The number of nitrogens with zero attached hydrogens (tertiary/aromatic N) is 1. The molecule has 0 amide bonds. The average Bonchev–Trinajstić information content (AvgIpc) is 3.15. The van der Waals surface area contributed by atoms with Crippen molar-refractivity contribution in [3.8, 4) is 0 Å². The van der Waals surface area contributed by atoms with Crippen molar-refractivity contribution in [1.29, 1.82) is 0 Å². The van der Waals surface area contributed by atoms with Crippen LogP contribution in [0.2, 0.25) is 0 Å². The van der Waals surface area contributed by atoms with E-state index in [9.17, 15) is 4.79 Å². The smallest absolute Gasteiger partial charge is 0.338 e. The molecule has 118 valence electrons. The van der Waals surface area contributed by atoms with Crippen LogP contribution in [0.25, 0.3) is 10.2 Å². The Balaban J connectivity index is 1.70. The summed E-state index contributed by atoms with van der Waals surface area (Å²) in [5.41, 5.74) is 1.55. The molecular weight excluding hydrogens is 296 g/mol. The molecular formula is C17H22N2O2S. The van der Waals surface area contributed by atoms with Gasteiger partial charge >= 0.3 is 5.97 Å². The molecule has 1 aromatic carbocycles. The van der Waals surface area contributed by atoms with E-state index in [1.807, 2.05) is 12.1 Å². The van der Waals surface area contributed by atoms with E-state index >= 15 is 0 Å². The number of hydrogen-bond donors (Lipinski definition) is 1. The maximum Gasteiger partial charge on any atom is 0.338 e. The monoisotopic (exact) mass is 318 g/mol. The number of carbonyl (C=O) groups excluding carboxylic acids is 1. The van der Waals surface area contributed by atoms with Crippen molar-refractivity contribution >= 4 is 32.7 Å². The van der Waals surface area contributed by atoms with Crippen LogP contribution in [0.5, 0.6) is 0 Å². The van der Waals surface area contributed by atoms with Crippen LogP contribution >= 0.6 is 11.3 Å². The molecule has 1 fully saturated rings. The summed E-state index contributed by atoms with van der Waals surface area (Å²) in [4.78, 5) is 16.6. The topological polar surface area (TPSA) is 51.2 Å². The maximum absolute atomic E-state index is 12.0. The highest BCUT2D eigenvalue weighted by molar-refractivity contribution is 7.22. The van der Waals surface area contributed by atoms with Crippen LogP contribution in [0.4, 0.5) is 5.13 Å². The summed E-state index contributed by atoms with van der Waals surface area (Å²) < 4.78 is 6.29. The minimum Gasteiger partial charge on any atom is -0.462 e. The molecule has 0 radical (unpaired) electrons. The van der Waals surface area contributed by atoms with Gasteiger partial charge in [0.15, 0.2) is 5.13 Å². The van der Waals surface area contributed by atoms with Gasteiger partial charge in [0.05, 0.1) is 22.4 Å². The molecule has 22 heavy (non-hydrogen) atoms. The van der Waals surface area contributed by atoms with Gasteiger partial charge in [0.2, 0.25) is 0 Å². The number of benzene rings is 1. The van der Waals surface area contributed by atoms with Gasteiger partial charge in [-0.25, -0.2) is 9.78 Å². The molecule has 0 unspecified atom stereocenters. The predicted octanol–water partition coefficient (Wildman–Crippen LogP) is 4.61. The van der Waals surface area contributed by atoms with Crippen LogP contribution in [0, 0.1) is 0 Å². The number of unbranched alkanes of at least 4 members (excludes halogenated alkanes) is 1. The van der Waals surface area contributed by atoms with Gasteiger partial charge in [0, 0.05) is 6.04 Å². The minimum atomic E-state index is -0.242. The first-order chi connectivity index (χ1) is 10.8. The first-order valence-electron chi connectivity index (χ1n) is 8.10. The highest BCUT2D eigenvalue weighted by Crippen LogP contribution is 2.30. The van der Waals surface area contributed by atoms with Gasteiger partial charge in [-0.1, -0.05) is 37.5 Å². The molecule has 1 aliphatic rings. The molecule has 0 spiro atoms. The van der Waals surface area contributed by atoms with Crippen LogP contribution in [0.3, 0.4) is 0 Å². The molecule has 0 atom stereocenters. The molecule has 4 nitrogen and oxygen atoms in total. The van der Waals surface area contributed by atoms with Crippen LogP contribution < -0.4 is 5.32 Å². The molecule has 1 N–H and O–H groups in total. The van der Waals surface area contributed by atoms with Gasteiger partial charge in [-0.2, -0.15) is 0 Å². The number of nitrogens with one attached hydrogen (secondary N) is 1. The third-order valence-corrected chi connectivity index (χ3v) is 4.99. The van der Waals surface area contributed by atoms with Crippen molar-refractivity contribution in [3.63, 3.8) is 0 Å². The highest BCUT2D eigenvalue weighted by atomic mass is 32.1. The third-order valence-electron chi connectivity index (χ3n) is 4.04. The van der Waals surface area contributed by atoms with E-state index in [4.69, 9.17) is 4.74 Å². The summed E-state index contributed by atoms with van der Waals surface area (Å²) in [7, 11) is 0. The summed E-state index contributed by atoms with van der Waals surface area (Å²) in [6.45, 7) is 2.57. The molecule has 1 aromatic heterocycles. The number of ether oxygens (including phenoxy) is 1. The zero-order valence-corrected chi connectivity index (χ0v) is 13.7. The minimum absolute atomic E-state index is 0.242. The lowest BCUT2D eigenvalue weighted by molar-refractivity contribution is 0.0500. The van der Waals surface area contributed by atoms with Crippen LogP contribution in [0.1, 0.15) is 55.8 Å². The third kappa shape index (κ3) is 3.58. The summed E-state index contributed by atoms with van der Waals surface area (Å²) in [6.07, 6.45) is 6.99. The molecule has 0 bridgehead atoms. The molecule has 0 aliphatic heterocycles. The zero-order valence-electron chi connectivity index (χ0n) is 12.9. The number of hydrogen-bond acceptors (Lipinski definition) is 5. The zero-order chi connectivity index (χ0) is 15.4. The maximum atomic E-state index is 12.0. The van der Waals surface area contributed by atoms with E-state index in [2.05, 4.69) is 17.2 Å². The Bertz CT molecular complexity index is 647. The molecule has 3 rings (SSSR count). The Kier molecular flexibility index (Phi) is 4.93. The molecule has 0 saturated heterocycles. The van der Waals surface area contributed by atoms with E-state index in [1.165, 1.54) is 25.7 Å². The summed E-state index contributed by atoms with van der Waals surface area (Å²) in [5.74, 6) is -0.242. The predicted molar refractivity (Wildman–Crippen MR) is 90.7 cm³/mol. The Labute approximate surface area is 134 Å². The standard InChI is InChI=1S/C17H22N2O2S/c1-2-3-10-21-16(20)12-8-9-14-15(11-12)22-17(19-14)18-13-6-4-5-7-13/h8-9,11,13H,2-7,10H2,1H3,(H,18,19). The lowest BCUT2D eigenvalue weighted by Gasteiger charge is -2.09.